The van der Waals surface area contributed by atoms with Crippen molar-refractivity contribution in [1.29, 1.82) is 0 Å². The highest BCUT2D eigenvalue weighted by Gasteiger charge is 2.04. The quantitative estimate of drug-likeness (QED) is 0.733. The number of amides is 1. The maximum atomic E-state index is 11.1. The average Bonchev–Trinajstić information content (AvgIpc) is 2.26. The lowest BCUT2D eigenvalue weighted by Gasteiger charge is -2.09. The van der Waals surface area contributed by atoms with Crippen molar-refractivity contribution in [2.75, 3.05) is 12.8 Å². The fraction of sp³-hybridized carbons (Fsp3) is 0.364. The maximum Gasteiger partial charge on any atom is 0.219 e. The molecule has 4 heteroatoms. The third-order valence-corrected chi connectivity index (χ3v) is 2.10. The Balaban J connectivity index is 2.74. The third kappa shape index (κ3) is 3.16. The molecule has 1 rings (SSSR count). The summed E-state index contributed by atoms with van der Waals surface area (Å²) in [6, 6.07) is 5.36. The summed E-state index contributed by atoms with van der Waals surface area (Å²) in [6.07, 6.45) is 0.477. The second kappa shape index (κ2) is 5.24. The monoisotopic (exact) mass is 208 g/mol. The van der Waals surface area contributed by atoms with Crippen LogP contribution in [0.25, 0.3) is 0 Å². The minimum absolute atomic E-state index is 0.0134. The van der Waals surface area contributed by atoms with Crippen LogP contribution in [0.2, 0.25) is 0 Å². The van der Waals surface area contributed by atoms with E-state index in [9.17, 15) is 4.79 Å². The molecule has 15 heavy (non-hydrogen) atoms. The predicted molar refractivity (Wildman–Crippen MR) is 59.5 cm³/mol. The Bertz CT molecular complexity index is 350. The minimum Gasteiger partial charge on any atom is -0.496 e. The summed E-state index contributed by atoms with van der Waals surface area (Å²) in [4.78, 5) is 11.1. The second-order valence-corrected chi connectivity index (χ2v) is 3.20. The topological polar surface area (TPSA) is 64.4 Å². The van der Waals surface area contributed by atoms with Gasteiger partial charge in [-0.1, -0.05) is 6.92 Å². The Morgan fingerprint density at radius 1 is 1.53 bits per heavy atom. The molecular weight excluding hydrogens is 192 g/mol. The fourth-order valence-corrected chi connectivity index (χ4v) is 1.26. The summed E-state index contributed by atoms with van der Waals surface area (Å²) in [6.45, 7) is 2.26. The van der Waals surface area contributed by atoms with Crippen LogP contribution < -0.4 is 15.8 Å². The van der Waals surface area contributed by atoms with Crippen molar-refractivity contribution in [3.63, 3.8) is 0 Å². The van der Waals surface area contributed by atoms with E-state index >= 15 is 0 Å². The van der Waals surface area contributed by atoms with E-state index in [1.807, 2.05) is 6.92 Å². The van der Waals surface area contributed by atoms with E-state index in [-0.39, 0.29) is 5.91 Å². The number of nitrogen functional groups attached to an aromatic ring is 1. The Morgan fingerprint density at radius 2 is 2.27 bits per heavy atom. The lowest BCUT2D eigenvalue weighted by atomic mass is 10.1. The molecule has 0 heterocycles. The van der Waals surface area contributed by atoms with Gasteiger partial charge in [-0.3, -0.25) is 4.79 Å². The van der Waals surface area contributed by atoms with Gasteiger partial charge in [0.2, 0.25) is 5.91 Å². The molecule has 0 unspecified atom stereocenters. The molecule has 1 amide bonds. The number of hydrogen-bond donors (Lipinski definition) is 2. The molecule has 0 saturated carbocycles. The molecule has 0 atom stereocenters. The first-order valence-electron chi connectivity index (χ1n) is 4.86. The number of hydrogen-bond acceptors (Lipinski definition) is 3. The summed E-state index contributed by atoms with van der Waals surface area (Å²) in [5.74, 6) is 0.750. The van der Waals surface area contributed by atoms with Gasteiger partial charge in [-0.25, -0.2) is 0 Å². The standard InChI is InChI=1S/C11H16N2O2/c1-3-11(14)13-7-8-6-9(12)4-5-10(8)15-2/h4-6H,3,7,12H2,1-2H3,(H,13,14). The number of rotatable bonds is 4. The highest BCUT2D eigenvalue weighted by molar-refractivity contribution is 5.75. The van der Waals surface area contributed by atoms with Gasteiger partial charge in [-0.05, 0) is 18.2 Å². The lowest BCUT2D eigenvalue weighted by molar-refractivity contribution is -0.120. The van der Waals surface area contributed by atoms with Crippen molar-refractivity contribution >= 4 is 11.6 Å². The molecule has 0 radical (unpaired) electrons. The lowest BCUT2D eigenvalue weighted by Crippen LogP contribution is -2.21. The van der Waals surface area contributed by atoms with Gasteiger partial charge in [0.15, 0.2) is 0 Å². The Labute approximate surface area is 89.4 Å². The molecule has 0 bridgehead atoms. The van der Waals surface area contributed by atoms with Crippen LogP contribution in [0.3, 0.4) is 0 Å². The molecule has 0 saturated heterocycles. The Morgan fingerprint density at radius 3 is 2.87 bits per heavy atom. The SMILES string of the molecule is CCC(=O)NCc1cc(N)ccc1OC. The van der Waals surface area contributed by atoms with Gasteiger partial charge in [-0.2, -0.15) is 0 Å². The maximum absolute atomic E-state index is 11.1. The highest BCUT2D eigenvalue weighted by Crippen LogP contribution is 2.20. The van der Waals surface area contributed by atoms with E-state index in [2.05, 4.69) is 5.32 Å². The highest BCUT2D eigenvalue weighted by atomic mass is 16.5. The van der Waals surface area contributed by atoms with Crippen molar-refractivity contribution in [3.8, 4) is 5.75 Å². The van der Waals surface area contributed by atoms with Gasteiger partial charge in [0, 0.05) is 24.2 Å². The molecule has 0 aliphatic heterocycles. The molecule has 1 aromatic rings. The van der Waals surface area contributed by atoms with Crippen molar-refractivity contribution < 1.29 is 9.53 Å². The molecule has 1 aromatic carbocycles. The van der Waals surface area contributed by atoms with Crippen LogP contribution in [0, 0.1) is 0 Å². The van der Waals surface area contributed by atoms with Crippen molar-refractivity contribution in [2.45, 2.75) is 19.9 Å². The molecule has 0 spiro atoms. The van der Waals surface area contributed by atoms with Crippen LogP contribution in [-0.4, -0.2) is 13.0 Å². The van der Waals surface area contributed by atoms with Gasteiger partial charge in [0.1, 0.15) is 5.75 Å². The first-order chi connectivity index (χ1) is 7.17. The molecule has 3 N–H and O–H groups in total. The van der Waals surface area contributed by atoms with Gasteiger partial charge in [0.05, 0.1) is 7.11 Å². The van der Waals surface area contributed by atoms with Crippen molar-refractivity contribution in [3.05, 3.63) is 23.8 Å². The zero-order valence-corrected chi connectivity index (χ0v) is 9.04. The smallest absolute Gasteiger partial charge is 0.219 e. The third-order valence-electron chi connectivity index (χ3n) is 2.10. The van der Waals surface area contributed by atoms with E-state index in [4.69, 9.17) is 10.5 Å². The second-order valence-electron chi connectivity index (χ2n) is 3.20. The molecular formula is C11H16N2O2. The molecule has 4 nitrogen and oxygen atoms in total. The molecule has 82 valence electrons. The number of benzene rings is 1. The van der Waals surface area contributed by atoms with E-state index in [0.717, 1.165) is 11.3 Å². The van der Waals surface area contributed by atoms with Crippen LogP contribution in [0.15, 0.2) is 18.2 Å². The summed E-state index contributed by atoms with van der Waals surface area (Å²) < 4.78 is 5.16. The minimum atomic E-state index is 0.0134. The van der Waals surface area contributed by atoms with Crippen LogP contribution >= 0.6 is 0 Å². The van der Waals surface area contributed by atoms with Crippen molar-refractivity contribution in [2.24, 2.45) is 0 Å². The van der Waals surface area contributed by atoms with Gasteiger partial charge in [0.25, 0.3) is 0 Å². The number of ether oxygens (including phenoxy) is 1. The first-order valence-corrected chi connectivity index (χ1v) is 4.86. The molecule has 0 aromatic heterocycles. The zero-order chi connectivity index (χ0) is 11.3. The zero-order valence-electron chi connectivity index (χ0n) is 9.04. The average molecular weight is 208 g/mol. The summed E-state index contributed by atoms with van der Waals surface area (Å²) >= 11 is 0. The van der Waals surface area contributed by atoms with Gasteiger partial charge < -0.3 is 15.8 Å². The van der Waals surface area contributed by atoms with Gasteiger partial charge in [-0.15, -0.1) is 0 Å². The predicted octanol–water partition coefficient (Wildman–Crippen LogP) is 1.30. The number of methoxy groups -OCH3 is 1. The van der Waals surface area contributed by atoms with Crippen LogP contribution in [0.1, 0.15) is 18.9 Å². The summed E-state index contributed by atoms with van der Waals surface area (Å²) in [5, 5.41) is 2.78. The first kappa shape index (κ1) is 11.4. The number of anilines is 1. The largest absolute Gasteiger partial charge is 0.496 e. The summed E-state index contributed by atoms with van der Waals surface area (Å²) in [7, 11) is 1.59. The van der Waals surface area contributed by atoms with E-state index in [0.29, 0.717) is 18.7 Å². The number of carbonyl (C=O) groups excluding carboxylic acids is 1. The summed E-state index contributed by atoms with van der Waals surface area (Å²) in [5.41, 5.74) is 7.20. The fourth-order valence-electron chi connectivity index (χ4n) is 1.26. The number of carbonyl (C=O) groups is 1. The van der Waals surface area contributed by atoms with Crippen molar-refractivity contribution in [1.82, 2.24) is 5.32 Å². The Hall–Kier alpha value is -1.71. The van der Waals surface area contributed by atoms with E-state index < -0.39 is 0 Å². The van der Waals surface area contributed by atoms with E-state index in [1.54, 1.807) is 25.3 Å². The van der Waals surface area contributed by atoms with Crippen LogP contribution in [0.4, 0.5) is 5.69 Å². The Kier molecular flexibility index (Phi) is 3.97. The van der Waals surface area contributed by atoms with Crippen LogP contribution in [-0.2, 0) is 11.3 Å². The molecule has 0 fully saturated rings. The van der Waals surface area contributed by atoms with Crippen LogP contribution in [0.5, 0.6) is 5.75 Å². The van der Waals surface area contributed by atoms with E-state index in [1.165, 1.54) is 0 Å². The number of nitrogens with one attached hydrogen (secondary N) is 1. The normalized spacial score (nSPS) is 9.73. The number of nitrogens with two attached hydrogens (primary N) is 1. The van der Waals surface area contributed by atoms with Gasteiger partial charge >= 0.3 is 0 Å². The molecule has 0 aliphatic rings. The molecule has 0 aliphatic carbocycles.